The van der Waals surface area contributed by atoms with Crippen LogP contribution in [0.25, 0.3) is 11.3 Å². The summed E-state index contributed by atoms with van der Waals surface area (Å²) in [7, 11) is 0. The number of nitrogen functional groups attached to an aromatic ring is 1. The van der Waals surface area contributed by atoms with Crippen LogP contribution in [0.5, 0.6) is 0 Å². The van der Waals surface area contributed by atoms with Crippen LogP contribution in [-0.4, -0.2) is 15.1 Å². The van der Waals surface area contributed by atoms with E-state index in [1.165, 1.54) is 6.07 Å². The third-order valence-corrected chi connectivity index (χ3v) is 4.26. The van der Waals surface area contributed by atoms with E-state index in [4.69, 9.17) is 10.3 Å². The van der Waals surface area contributed by atoms with Crippen molar-refractivity contribution in [2.75, 3.05) is 11.1 Å². The van der Waals surface area contributed by atoms with E-state index < -0.39 is 5.95 Å². The number of nitrogens with zero attached hydrogens (tertiary/aromatic N) is 3. The van der Waals surface area contributed by atoms with Crippen LogP contribution >= 0.6 is 0 Å². The van der Waals surface area contributed by atoms with Gasteiger partial charge in [0.15, 0.2) is 5.76 Å². The predicted molar refractivity (Wildman–Crippen MR) is 105 cm³/mol. The number of halogens is 1. The fourth-order valence-electron chi connectivity index (χ4n) is 2.83. The van der Waals surface area contributed by atoms with E-state index in [1.54, 1.807) is 24.4 Å². The second kappa shape index (κ2) is 7.87. The number of nitrogens with two attached hydrogens (primary N) is 1. The number of benzene rings is 1. The van der Waals surface area contributed by atoms with Gasteiger partial charge in [0.2, 0.25) is 5.95 Å². The van der Waals surface area contributed by atoms with E-state index in [2.05, 4.69) is 20.4 Å². The molecule has 0 saturated carbocycles. The van der Waals surface area contributed by atoms with Gasteiger partial charge < -0.3 is 15.6 Å². The molecule has 1 aromatic carbocycles. The van der Waals surface area contributed by atoms with Crippen LogP contribution in [0.3, 0.4) is 0 Å². The minimum Gasteiger partial charge on any atom is -0.383 e. The summed E-state index contributed by atoms with van der Waals surface area (Å²) in [5.41, 5.74) is 9.59. The maximum Gasteiger partial charge on any atom is 0.214 e. The number of hydrogen-bond donors (Lipinski definition) is 2. The second-order valence-corrected chi connectivity index (χ2v) is 6.31. The number of rotatable bonds is 6. The average molecular weight is 375 g/mol. The van der Waals surface area contributed by atoms with Crippen molar-refractivity contribution in [3.63, 3.8) is 0 Å². The van der Waals surface area contributed by atoms with Crippen LogP contribution in [0.4, 0.5) is 16.0 Å². The lowest BCUT2D eigenvalue weighted by molar-refractivity contribution is 0.425. The zero-order chi connectivity index (χ0) is 19.3. The molecule has 0 bridgehead atoms. The third-order valence-electron chi connectivity index (χ3n) is 4.26. The highest BCUT2D eigenvalue weighted by Gasteiger charge is 2.10. The first-order valence-electron chi connectivity index (χ1n) is 8.78. The summed E-state index contributed by atoms with van der Waals surface area (Å²) in [4.78, 5) is 7.85. The van der Waals surface area contributed by atoms with Gasteiger partial charge in [-0.15, -0.1) is 0 Å². The molecule has 4 rings (SSSR count). The minimum atomic E-state index is -0.500. The fraction of sp³-hybridized carbons (Fsp3) is 0.0952. The first-order valence-corrected chi connectivity index (χ1v) is 8.78. The maximum atomic E-state index is 13.1. The van der Waals surface area contributed by atoms with Gasteiger partial charge in [0.25, 0.3) is 0 Å². The van der Waals surface area contributed by atoms with E-state index in [0.717, 1.165) is 22.4 Å². The quantitative estimate of drug-likeness (QED) is 0.494. The monoisotopic (exact) mass is 375 g/mol. The molecule has 0 aliphatic rings. The van der Waals surface area contributed by atoms with Crippen molar-refractivity contribution in [1.29, 1.82) is 0 Å². The number of aromatic nitrogens is 3. The lowest BCUT2D eigenvalue weighted by atomic mass is 10.1. The molecule has 140 valence electrons. The Labute approximate surface area is 161 Å². The van der Waals surface area contributed by atoms with Crippen molar-refractivity contribution in [1.82, 2.24) is 15.1 Å². The maximum absolute atomic E-state index is 13.1. The lowest BCUT2D eigenvalue weighted by Crippen LogP contribution is -2.02. The van der Waals surface area contributed by atoms with Crippen LogP contribution in [0.2, 0.25) is 0 Å². The second-order valence-electron chi connectivity index (χ2n) is 6.31. The van der Waals surface area contributed by atoms with E-state index >= 15 is 0 Å². The molecule has 0 spiro atoms. The Hall–Kier alpha value is -3.74. The van der Waals surface area contributed by atoms with Crippen LogP contribution in [0.1, 0.15) is 16.8 Å². The molecule has 0 fully saturated rings. The Morgan fingerprint density at radius 2 is 1.82 bits per heavy atom. The van der Waals surface area contributed by atoms with Crippen molar-refractivity contribution < 1.29 is 8.91 Å². The first-order chi connectivity index (χ1) is 13.7. The molecule has 4 aromatic rings. The fourth-order valence-corrected chi connectivity index (χ4v) is 2.83. The van der Waals surface area contributed by atoms with Crippen LogP contribution < -0.4 is 11.1 Å². The zero-order valence-corrected chi connectivity index (χ0v) is 15.0. The molecule has 3 N–H and O–H groups in total. The molecule has 0 unspecified atom stereocenters. The van der Waals surface area contributed by atoms with Gasteiger partial charge >= 0.3 is 0 Å². The summed E-state index contributed by atoms with van der Waals surface area (Å²) in [6.07, 6.45) is 2.28. The van der Waals surface area contributed by atoms with Crippen molar-refractivity contribution in [2.24, 2.45) is 0 Å². The molecule has 0 amide bonds. The largest absolute Gasteiger partial charge is 0.383 e. The summed E-state index contributed by atoms with van der Waals surface area (Å²) >= 11 is 0. The standard InChI is InChI=1S/C21H18FN5O/c22-19-4-1-5-20(26-19)25-13-15-8-6-14(7-9-15)11-16-12-18(28-27-16)17-3-2-10-24-21(17)23/h1-10,12H,11,13H2,(H2,23,24)(H,25,26). The van der Waals surface area contributed by atoms with Gasteiger partial charge in [-0.3, -0.25) is 0 Å². The van der Waals surface area contributed by atoms with Crippen LogP contribution in [0, 0.1) is 5.95 Å². The Morgan fingerprint density at radius 1 is 1.00 bits per heavy atom. The zero-order valence-electron chi connectivity index (χ0n) is 15.0. The predicted octanol–water partition coefficient (Wildman–Crippen LogP) is 4.06. The molecular weight excluding hydrogens is 357 g/mol. The van der Waals surface area contributed by atoms with E-state index in [1.807, 2.05) is 36.4 Å². The Balaban J connectivity index is 1.39. The molecule has 0 aliphatic carbocycles. The minimum absolute atomic E-state index is 0.412. The van der Waals surface area contributed by atoms with Gasteiger partial charge in [0, 0.05) is 25.2 Å². The molecule has 3 heterocycles. The highest BCUT2D eigenvalue weighted by molar-refractivity contribution is 5.69. The summed E-state index contributed by atoms with van der Waals surface area (Å²) < 4.78 is 18.5. The van der Waals surface area contributed by atoms with E-state index in [9.17, 15) is 4.39 Å². The summed E-state index contributed by atoms with van der Waals surface area (Å²) in [6.45, 7) is 0.561. The number of pyridine rings is 2. The van der Waals surface area contributed by atoms with Gasteiger partial charge in [-0.05, 0) is 35.4 Å². The normalized spacial score (nSPS) is 10.8. The van der Waals surface area contributed by atoms with E-state index in [0.29, 0.717) is 30.4 Å². The molecule has 3 aromatic heterocycles. The number of hydrogen-bond acceptors (Lipinski definition) is 6. The molecule has 28 heavy (non-hydrogen) atoms. The summed E-state index contributed by atoms with van der Waals surface area (Å²) in [5.74, 6) is 1.02. The van der Waals surface area contributed by atoms with Crippen LogP contribution in [-0.2, 0) is 13.0 Å². The molecule has 0 saturated heterocycles. The first kappa shape index (κ1) is 17.7. The number of nitrogens with one attached hydrogen (secondary N) is 1. The number of anilines is 2. The molecule has 7 heteroatoms. The lowest BCUT2D eigenvalue weighted by Gasteiger charge is -2.06. The van der Waals surface area contributed by atoms with Gasteiger partial charge in [0.05, 0.1) is 11.3 Å². The topological polar surface area (TPSA) is 89.9 Å². The Kier molecular flexibility index (Phi) is 4.97. The molecule has 0 radical (unpaired) electrons. The van der Waals surface area contributed by atoms with Crippen molar-refractivity contribution in [2.45, 2.75) is 13.0 Å². The average Bonchev–Trinajstić information content (AvgIpc) is 3.16. The third kappa shape index (κ3) is 4.15. The van der Waals surface area contributed by atoms with Gasteiger partial charge in [0.1, 0.15) is 11.6 Å². The van der Waals surface area contributed by atoms with Gasteiger partial charge in [-0.1, -0.05) is 35.5 Å². The summed E-state index contributed by atoms with van der Waals surface area (Å²) in [5, 5.41) is 7.22. The highest BCUT2D eigenvalue weighted by Crippen LogP contribution is 2.25. The Bertz CT molecular complexity index is 1080. The van der Waals surface area contributed by atoms with E-state index in [-0.39, 0.29) is 0 Å². The summed E-state index contributed by atoms with van der Waals surface area (Å²) in [6, 6.07) is 18.3. The smallest absolute Gasteiger partial charge is 0.214 e. The van der Waals surface area contributed by atoms with Gasteiger partial charge in [-0.2, -0.15) is 4.39 Å². The molecular formula is C21H18FN5O. The van der Waals surface area contributed by atoms with Gasteiger partial charge in [-0.25, -0.2) is 9.97 Å². The highest BCUT2D eigenvalue weighted by atomic mass is 19.1. The van der Waals surface area contributed by atoms with Crippen LogP contribution in [0.15, 0.2) is 71.4 Å². The SMILES string of the molecule is Nc1ncccc1-c1cc(Cc2ccc(CNc3cccc(F)n3)cc2)no1. The Morgan fingerprint density at radius 3 is 2.61 bits per heavy atom. The van der Waals surface area contributed by atoms with Crippen molar-refractivity contribution >= 4 is 11.6 Å². The molecule has 0 atom stereocenters. The molecule has 6 nitrogen and oxygen atoms in total. The van der Waals surface area contributed by atoms with Crippen molar-refractivity contribution in [3.8, 4) is 11.3 Å². The molecule has 0 aliphatic heterocycles. The van der Waals surface area contributed by atoms with Crippen molar-refractivity contribution in [3.05, 3.63) is 89.6 Å².